The minimum Gasteiger partial charge on any atom is -0.482 e. The van der Waals surface area contributed by atoms with Crippen LogP contribution in [0.2, 0.25) is 0 Å². The molecule has 2 aliphatic carbocycles. The first kappa shape index (κ1) is 23.3. The van der Waals surface area contributed by atoms with Gasteiger partial charge in [-0.15, -0.1) is 0 Å². The molecule has 0 bridgehead atoms. The molecule has 0 aromatic carbocycles. The molecule has 1 amide bonds. The second-order valence-corrected chi connectivity index (χ2v) is 10.0. The number of carbonyl (C=O) groups excluding carboxylic acids is 1. The minimum absolute atomic E-state index is 0.143. The van der Waals surface area contributed by atoms with Crippen molar-refractivity contribution in [3.63, 3.8) is 0 Å². The Morgan fingerprint density at radius 1 is 1.22 bits per heavy atom. The van der Waals surface area contributed by atoms with Crippen LogP contribution in [0.15, 0.2) is 23.5 Å². The zero-order valence-corrected chi connectivity index (χ0v) is 19.2. The van der Waals surface area contributed by atoms with Gasteiger partial charge < -0.3 is 25.2 Å². The largest absolute Gasteiger partial charge is 0.482 e. The van der Waals surface area contributed by atoms with Gasteiger partial charge in [0.05, 0.1) is 24.3 Å². The molecule has 178 valence electrons. The molecule has 4 aliphatic rings. The molecule has 2 saturated heterocycles. The molecular formula is C25H38N2O5. The van der Waals surface area contributed by atoms with Gasteiger partial charge in [-0.25, -0.2) is 4.79 Å². The van der Waals surface area contributed by atoms with Crippen molar-refractivity contribution in [2.45, 2.75) is 88.8 Å². The Bertz CT molecular complexity index is 751. The third kappa shape index (κ3) is 5.37. The van der Waals surface area contributed by atoms with Crippen molar-refractivity contribution < 1.29 is 24.2 Å². The highest BCUT2D eigenvalue weighted by atomic mass is 16.5. The lowest BCUT2D eigenvalue weighted by Crippen LogP contribution is -2.67. The molecular weight excluding hydrogens is 408 g/mol. The third-order valence-corrected chi connectivity index (χ3v) is 7.81. The molecule has 2 aliphatic heterocycles. The number of rotatable bonds is 7. The fraction of sp³-hybridized carbons (Fsp3) is 0.760. The van der Waals surface area contributed by atoms with Gasteiger partial charge in [0.25, 0.3) is 0 Å². The smallest absolute Gasteiger partial charge is 0.341 e. The van der Waals surface area contributed by atoms with E-state index in [4.69, 9.17) is 14.6 Å². The van der Waals surface area contributed by atoms with Gasteiger partial charge in [0.1, 0.15) is 5.76 Å². The quantitative estimate of drug-likeness (QED) is 0.555. The first-order valence-corrected chi connectivity index (χ1v) is 12.4. The van der Waals surface area contributed by atoms with E-state index in [1.54, 1.807) is 0 Å². The molecule has 3 unspecified atom stereocenters. The first-order valence-electron chi connectivity index (χ1n) is 12.4. The van der Waals surface area contributed by atoms with E-state index in [-0.39, 0.29) is 30.2 Å². The lowest BCUT2D eigenvalue weighted by molar-refractivity contribution is -0.140. The maximum absolute atomic E-state index is 12.1. The van der Waals surface area contributed by atoms with E-state index in [1.807, 2.05) is 6.08 Å². The highest BCUT2D eigenvalue weighted by Gasteiger charge is 2.44. The van der Waals surface area contributed by atoms with Gasteiger partial charge in [-0.05, 0) is 87.8 Å². The lowest BCUT2D eigenvalue weighted by atomic mass is 9.75. The summed E-state index contributed by atoms with van der Waals surface area (Å²) in [5.74, 6) is 0.805. The normalized spacial score (nSPS) is 35.6. The van der Waals surface area contributed by atoms with E-state index in [1.165, 1.54) is 5.57 Å². The van der Waals surface area contributed by atoms with Gasteiger partial charge in [0, 0.05) is 6.42 Å². The predicted molar refractivity (Wildman–Crippen MR) is 121 cm³/mol. The van der Waals surface area contributed by atoms with E-state index >= 15 is 0 Å². The van der Waals surface area contributed by atoms with Crippen molar-refractivity contribution in [2.75, 3.05) is 19.8 Å². The summed E-state index contributed by atoms with van der Waals surface area (Å²) < 4.78 is 12.0. The number of piperidine rings is 2. The van der Waals surface area contributed by atoms with Crippen molar-refractivity contribution in [1.82, 2.24) is 10.6 Å². The molecule has 0 aromatic heterocycles. The van der Waals surface area contributed by atoms with Crippen molar-refractivity contribution in [2.24, 2.45) is 11.8 Å². The molecule has 2 heterocycles. The van der Waals surface area contributed by atoms with E-state index in [0.717, 1.165) is 70.1 Å². The standard InChI is InChI=1S/C25H38N2O5/c1-17-5-2-6-20(32-16-23(29)30)24(17)18-8-10-19(11-9-18)31-15-21-25(13-4-14-26-21)12-3-7-22(28)27-25/h2,6,17-19,21,26H,3-5,7-16H2,1H3,(H,27,28)(H,29,30). The zero-order valence-electron chi connectivity index (χ0n) is 19.2. The molecule has 1 spiro atoms. The molecule has 32 heavy (non-hydrogen) atoms. The Balaban J connectivity index is 1.32. The maximum Gasteiger partial charge on any atom is 0.341 e. The first-order chi connectivity index (χ1) is 15.5. The number of hydrogen-bond donors (Lipinski definition) is 3. The molecule has 4 rings (SSSR count). The van der Waals surface area contributed by atoms with E-state index < -0.39 is 5.97 Å². The average molecular weight is 447 g/mol. The van der Waals surface area contributed by atoms with Crippen molar-refractivity contribution in [3.8, 4) is 0 Å². The molecule has 1 saturated carbocycles. The fourth-order valence-corrected chi connectivity index (χ4v) is 6.18. The van der Waals surface area contributed by atoms with Crippen molar-refractivity contribution >= 4 is 11.9 Å². The molecule has 3 fully saturated rings. The van der Waals surface area contributed by atoms with Crippen molar-refractivity contribution in [1.29, 1.82) is 0 Å². The summed E-state index contributed by atoms with van der Waals surface area (Å²) in [7, 11) is 0. The Kier molecular flexibility index (Phi) is 7.56. The number of hydrogen-bond acceptors (Lipinski definition) is 5. The Hall–Kier alpha value is -1.86. The van der Waals surface area contributed by atoms with Crippen molar-refractivity contribution in [3.05, 3.63) is 23.5 Å². The Morgan fingerprint density at radius 2 is 2.00 bits per heavy atom. The molecule has 7 heteroatoms. The molecule has 3 N–H and O–H groups in total. The van der Waals surface area contributed by atoms with Crippen LogP contribution in [0.3, 0.4) is 0 Å². The number of aliphatic carboxylic acids is 1. The van der Waals surface area contributed by atoms with Crippen LogP contribution >= 0.6 is 0 Å². The monoisotopic (exact) mass is 446 g/mol. The number of nitrogens with one attached hydrogen (secondary N) is 2. The summed E-state index contributed by atoms with van der Waals surface area (Å²) >= 11 is 0. The van der Waals surface area contributed by atoms with Gasteiger partial charge in [0.2, 0.25) is 5.91 Å². The topological polar surface area (TPSA) is 96.9 Å². The number of carbonyl (C=O) groups is 2. The Morgan fingerprint density at radius 3 is 2.75 bits per heavy atom. The highest BCUT2D eigenvalue weighted by Crippen LogP contribution is 2.40. The van der Waals surface area contributed by atoms with Gasteiger partial charge in [-0.1, -0.05) is 13.0 Å². The fourth-order valence-electron chi connectivity index (χ4n) is 6.18. The summed E-state index contributed by atoms with van der Waals surface area (Å²) in [5.41, 5.74) is 1.14. The lowest BCUT2D eigenvalue weighted by Gasteiger charge is -2.48. The van der Waals surface area contributed by atoms with Crippen LogP contribution in [0, 0.1) is 11.8 Å². The molecule has 7 nitrogen and oxygen atoms in total. The highest BCUT2D eigenvalue weighted by molar-refractivity contribution is 5.77. The number of carboxylic acid groups (broad SMARTS) is 1. The second-order valence-electron chi connectivity index (χ2n) is 10.0. The summed E-state index contributed by atoms with van der Waals surface area (Å²) in [6, 6.07) is 0.181. The van der Waals surface area contributed by atoms with E-state index in [2.05, 4.69) is 23.6 Å². The molecule has 0 aromatic rings. The van der Waals surface area contributed by atoms with Crippen LogP contribution in [0.5, 0.6) is 0 Å². The summed E-state index contributed by atoms with van der Waals surface area (Å²) in [6.45, 7) is 3.54. The molecule has 3 atom stereocenters. The zero-order chi connectivity index (χ0) is 22.6. The van der Waals surface area contributed by atoms with Gasteiger partial charge >= 0.3 is 5.97 Å². The third-order valence-electron chi connectivity index (χ3n) is 7.81. The summed E-state index contributed by atoms with van der Waals surface area (Å²) in [6.07, 6.45) is 14.1. The number of ether oxygens (including phenoxy) is 2. The van der Waals surface area contributed by atoms with Crippen LogP contribution in [-0.4, -0.2) is 54.4 Å². The van der Waals surface area contributed by atoms with Gasteiger partial charge in [-0.2, -0.15) is 0 Å². The average Bonchev–Trinajstić information content (AvgIpc) is 2.78. The second kappa shape index (κ2) is 10.4. The SMILES string of the molecule is CC1CC=CC(OCC(=O)O)=C1C1CCC(OCC2NCCCC23CCCC(=O)N3)CC1. The maximum atomic E-state index is 12.1. The van der Waals surface area contributed by atoms with Crippen LogP contribution in [0.25, 0.3) is 0 Å². The predicted octanol–water partition coefficient (Wildman–Crippen LogP) is 3.30. The van der Waals surface area contributed by atoms with Crippen LogP contribution in [0.1, 0.15) is 71.1 Å². The number of carboxylic acids is 1. The summed E-state index contributed by atoms with van der Waals surface area (Å²) in [4.78, 5) is 23.0. The van der Waals surface area contributed by atoms with Crippen LogP contribution < -0.4 is 10.6 Å². The number of allylic oxidation sites excluding steroid dienone is 3. The van der Waals surface area contributed by atoms with Crippen LogP contribution in [0.4, 0.5) is 0 Å². The van der Waals surface area contributed by atoms with E-state index in [9.17, 15) is 9.59 Å². The number of amides is 1. The van der Waals surface area contributed by atoms with Crippen LogP contribution in [-0.2, 0) is 19.1 Å². The minimum atomic E-state index is -0.941. The van der Waals surface area contributed by atoms with E-state index in [0.29, 0.717) is 24.9 Å². The van der Waals surface area contributed by atoms with Gasteiger partial charge in [-0.3, -0.25) is 4.79 Å². The summed E-state index contributed by atoms with van der Waals surface area (Å²) in [5, 5.41) is 15.9. The Labute approximate surface area is 191 Å². The molecule has 0 radical (unpaired) electrons. The van der Waals surface area contributed by atoms with Gasteiger partial charge in [0.15, 0.2) is 6.61 Å².